The van der Waals surface area contributed by atoms with Gasteiger partial charge in [-0.25, -0.2) is 0 Å². The molecule has 3 atom stereocenters. The van der Waals surface area contributed by atoms with Crippen molar-refractivity contribution in [3.8, 4) is 0 Å². The molecule has 2 heterocycles. The van der Waals surface area contributed by atoms with E-state index in [0.29, 0.717) is 0 Å². The van der Waals surface area contributed by atoms with Crippen LogP contribution in [0, 0.1) is 5.92 Å². The molecule has 0 N–H and O–H groups in total. The van der Waals surface area contributed by atoms with Crippen molar-refractivity contribution in [3.63, 3.8) is 0 Å². The van der Waals surface area contributed by atoms with Gasteiger partial charge >= 0.3 is 0 Å². The van der Waals surface area contributed by atoms with E-state index in [2.05, 4.69) is 18.7 Å². The fourth-order valence-corrected chi connectivity index (χ4v) is 3.99. The van der Waals surface area contributed by atoms with Crippen molar-refractivity contribution in [1.29, 1.82) is 0 Å². The first-order valence-electron chi connectivity index (χ1n) is 8.08. The van der Waals surface area contributed by atoms with E-state index in [1.807, 2.05) is 0 Å². The SMILES string of the molecule is CCCCCCCC1CCC(C)C2CCCN12. The molecule has 0 saturated carbocycles. The van der Waals surface area contributed by atoms with E-state index in [-0.39, 0.29) is 0 Å². The van der Waals surface area contributed by atoms with Crippen molar-refractivity contribution in [1.82, 2.24) is 4.90 Å². The molecule has 2 saturated heterocycles. The average molecular weight is 237 g/mol. The van der Waals surface area contributed by atoms with Crippen LogP contribution in [0.5, 0.6) is 0 Å². The Kier molecular flexibility index (Phi) is 5.34. The van der Waals surface area contributed by atoms with E-state index in [9.17, 15) is 0 Å². The van der Waals surface area contributed by atoms with Crippen molar-refractivity contribution in [2.45, 2.75) is 90.1 Å². The summed E-state index contributed by atoms with van der Waals surface area (Å²) < 4.78 is 0. The summed E-state index contributed by atoms with van der Waals surface area (Å²) in [4.78, 5) is 2.87. The third-order valence-electron chi connectivity index (χ3n) is 5.06. The summed E-state index contributed by atoms with van der Waals surface area (Å²) >= 11 is 0. The van der Waals surface area contributed by atoms with Gasteiger partial charge in [-0.2, -0.15) is 0 Å². The molecule has 3 unspecified atom stereocenters. The quantitative estimate of drug-likeness (QED) is 0.610. The Balaban J connectivity index is 1.69. The molecule has 1 nitrogen and oxygen atoms in total. The van der Waals surface area contributed by atoms with E-state index in [1.165, 1.54) is 70.8 Å². The standard InChI is InChI=1S/C16H31N/c1-3-4-5-6-7-9-15-12-11-14(2)16-10-8-13-17(15)16/h14-16H,3-13H2,1-2H3. The first-order valence-corrected chi connectivity index (χ1v) is 8.08. The summed E-state index contributed by atoms with van der Waals surface area (Å²) in [7, 11) is 0. The molecule has 2 rings (SSSR count). The molecule has 100 valence electrons. The van der Waals surface area contributed by atoms with Gasteiger partial charge in [0.2, 0.25) is 0 Å². The molecule has 2 fully saturated rings. The van der Waals surface area contributed by atoms with Gasteiger partial charge in [0.05, 0.1) is 0 Å². The van der Waals surface area contributed by atoms with Gasteiger partial charge in [0.1, 0.15) is 0 Å². The minimum absolute atomic E-state index is 0.945. The van der Waals surface area contributed by atoms with E-state index >= 15 is 0 Å². The van der Waals surface area contributed by atoms with E-state index in [1.54, 1.807) is 0 Å². The molecule has 0 radical (unpaired) electrons. The largest absolute Gasteiger partial charge is 0.297 e. The summed E-state index contributed by atoms with van der Waals surface area (Å²) in [6.45, 7) is 6.17. The van der Waals surface area contributed by atoms with E-state index in [0.717, 1.165) is 18.0 Å². The molecule has 0 aromatic rings. The minimum atomic E-state index is 0.945. The zero-order chi connectivity index (χ0) is 12.1. The second kappa shape index (κ2) is 6.78. The third kappa shape index (κ3) is 3.47. The molecule has 2 aliphatic heterocycles. The highest BCUT2D eigenvalue weighted by Crippen LogP contribution is 2.36. The molecule has 0 aromatic heterocycles. The van der Waals surface area contributed by atoms with Crippen LogP contribution < -0.4 is 0 Å². The molecule has 0 spiro atoms. The molecule has 0 bridgehead atoms. The number of hydrogen-bond donors (Lipinski definition) is 0. The average Bonchev–Trinajstić information content (AvgIpc) is 2.81. The van der Waals surface area contributed by atoms with Crippen LogP contribution in [0.1, 0.15) is 78.1 Å². The normalized spacial score (nSPS) is 33.9. The summed E-state index contributed by atoms with van der Waals surface area (Å²) in [5.41, 5.74) is 0. The number of unbranched alkanes of at least 4 members (excludes halogenated alkanes) is 4. The van der Waals surface area contributed by atoms with Gasteiger partial charge < -0.3 is 0 Å². The van der Waals surface area contributed by atoms with Crippen molar-refractivity contribution >= 4 is 0 Å². The lowest BCUT2D eigenvalue weighted by molar-refractivity contribution is 0.0750. The smallest absolute Gasteiger partial charge is 0.0124 e. The number of rotatable bonds is 6. The number of nitrogens with zero attached hydrogens (tertiary/aromatic N) is 1. The van der Waals surface area contributed by atoms with Crippen molar-refractivity contribution in [2.24, 2.45) is 5.92 Å². The molecule has 1 heteroatoms. The van der Waals surface area contributed by atoms with Crippen molar-refractivity contribution in [3.05, 3.63) is 0 Å². The van der Waals surface area contributed by atoms with Crippen molar-refractivity contribution in [2.75, 3.05) is 6.54 Å². The maximum atomic E-state index is 2.87. The molecular formula is C16H31N. The zero-order valence-corrected chi connectivity index (χ0v) is 12.0. The van der Waals surface area contributed by atoms with Crippen LogP contribution in [-0.2, 0) is 0 Å². The Hall–Kier alpha value is -0.0400. The summed E-state index contributed by atoms with van der Waals surface area (Å²) in [6.07, 6.45) is 14.6. The lowest BCUT2D eigenvalue weighted by Gasteiger charge is -2.41. The van der Waals surface area contributed by atoms with Gasteiger partial charge in [0.25, 0.3) is 0 Å². The monoisotopic (exact) mass is 237 g/mol. The maximum Gasteiger partial charge on any atom is 0.0124 e. The molecule has 17 heavy (non-hydrogen) atoms. The molecule has 0 aliphatic carbocycles. The lowest BCUT2D eigenvalue weighted by atomic mass is 9.85. The predicted octanol–water partition coefficient (Wildman–Crippen LogP) is 4.61. The predicted molar refractivity (Wildman–Crippen MR) is 75.3 cm³/mol. The number of hydrogen-bond acceptors (Lipinski definition) is 1. The van der Waals surface area contributed by atoms with Gasteiger partial charge in [-0.05, 0) is 44.6 Å². The lowest BCUT2D eigenvalue weighted by Crippen LogP contribution is -2.46. The first-order chi connectivity index (χ1) is 8.33. The summed E-state index contributed by atoms with van der Waals surface area (Å²) in [5, 5.41) is 0. The second-order valence-electron chi connectivity index (χ2n) is 6.36. The van der Waals surface area contributed by atoms with Gasteiger partial charge in [0.15, 0.2) is 0 Å². The molecule has 0 amide bonds. The van der Waals surface area contributed by atoms with E-state index < -0.39 is 0 Å². The Bertz CT molecular complexity index is 214. The highest BCUT2D eigenvalue weighted by molar-refractivity contribution is 4.92. The summed E-state index contributed by atoms with van der Waals surface area (Å²) in [5.74, 6) is 0.967. The second-order valence-corrected chi connectivity index (χ2v) is 6.36. The minimum Gasteiger partial charge on any atom is -0.297 e. The van der Waals surface area contributed by atoms with Gasteiger partial charge in [-0.15, -0.1) is 0 Å². The van der Waals surface area contributed by atoms with Crippen LogP contribution in [0.3, 0.4) is 0 Å². The van der Waals surface area contributed by atoms with Gasteiger partial charge in [-0.3, -0.25) is 4.90 Å². The fraction of sp³-hybridized carbons (Fsp3) is 1.00. The Morgan fingerprint density at radius 1 is 1.00 bits per heavy atom. The van der Waals surface area contributed by atoms with Gasteiger partial charge in [0, 0.05) is 12.1 Å². The van der Waals surface area contributed by atoms with Crippen molar-refractivity contribution < 1.29 is 0 Å². The molecule has 2 aliphatic rings. The van der Waals surface area contributed by atoms with Crippen LogP contribution in [0.4, 0.5) is 0 Å². The highest BCUT2D eigenvalue weighted by Gasteiger charge is 2.37. The first kappa shape index (κ1) is 13.4. The summed E-state index contributed by atoms with van der Waals surface area (Å²) in [6, 6.07) is 1.89. The Morgan fingerprint density at radius 3 is 2.65 bits per heavy atom. The van der Waals surface area contributed by atoms with Crippen LogP contribution >= 0.6 is 0 Å². The Labute approximate surface area is 108 Å². The number of fused-ring (bicyclic) bond motifs is 1. The Morgan fingerprint density at radius 2 is 1.82 bits per heavy atom. The molecule has 0 aromatic carbocycles. The molecular weight excluding hydrogens is 206 g/mol. The van der Waals surface area contributed by atoms with Crippen LogP contribution in [0.2, 0.25) is 0 Å². The van der Waals surface area contributed by atoms with Crippen LogP contribution in [-0.4, -0.2) is 23.5 Å². The van der Waals surface area contributed by atoms with Gasteiger partial charge in [-0.1, -0.05) is 46.0 Å². The van der Waals surface area contributed by atoms with Crippen LogP contribution in [0.15, 0.2) is 0 Å². The third-order valence-corrected chi connectivity index (χ3v) is 5.06. The highest BCUT2D eigenvalue weighted by atomic mass is 15.2. The van der Waals surface area contributed by atoms with Crippen LogP contribution in [0.25, 0.3) is 0 Å². The van der Waals surface area contributed by atoms with E-state index in [4.69, 9.17) is 0 Å². The fourth-order valence-electron chi connectivity index (χ4n) is 3.99. The topological polar surface area (TPSA) is 3.24 Å². The number of piperidine rings is 1. The zero-order valence-electron chi connectivity index (χ0n) is 12.0. The maximum absolute atomic E-state index is 2.87.